The number of aryl methyl sites for hydroxylation is 1. The van der Waals surface area contributed by atoms with Crippen molar-refractivity contribution in [1.82, 2.24) is 14.9 Å². The summed E-state index contributed by atoms with van der Waals surface area (Å²) in [6, 6.07) is 20.2. The summed E-state index contributed by atoms with van der Waals surface area (Å²) in [5.74, 6) is 2.33. The van der Waals surface area contributed by atoms with Gasteiger partial charge >= 0.3 is 0 Å². The number of para-hydroxylation sites is 1. The lowest BCUT2D eigenvalue weighted by Gasteiger charge is -2.14. The first-order chi connectivity index (χ1) is 13.1. The van der Waals surface area contributed by atoms with Crippen LogP contribution in [0.4, 0.5) is 17.3 Å². The smallest absolute Gasteiger partial charge is 0.163 e. The number of hydrogen-bond acceptors (Lipinski definition) is 5. The van der Waals surface area contributed by atoms with Crippen molar-refractivity contribution >= 4 is 17.3 Å². The molecule has 2 N–H and O–H groups in total. The summed E-state index contributed by atoms with van der Waals surface area (Å²) in [4.78, 5) is 11.6. The third-order valence-electron chi connectivity index (χ3n) is 4.25. The fraction of sp³-hybridized carbons (Fsp3) is 0.273. The molecule has 0 aliphatic heterocycles. The van der Waals surface area contributed by atoms with Gasteiger partial charge in [-0.2, -0.15) is 0 Å². The Bertz CT molecular complexity index is 862. The van der Waals surface area contributed by atoms with E-state index in [0.29, 0.717) is 5.82 Å². The van der Waals surface area contributed by atoms with Crippen molar-refractivity contribution in [2.75, 3.05) is 37.8 Å². The van der Waals surface area contributed by atoms with E-state index in [9.17, 15) is 0 Å². The van der Waals surface area contributed by atoms with Crippen molar-refractivity contribution in [1.29, 1.82) is 0 Å². The van der Waals surface area contributed by atoms with Crippen LogP contribution in [0.3, 0.4) is 0 Å². The van der Waals surface area contributed by atoms with Gasteiger partial charge in [0.1, 0.15) is 11.6 Å². The van der Waals surface area contributed by atoms with Crippen molar-refractivity contribution in [3.05, 3.63) is 66.2 Å². The van der Waals surface area contributed by atoms with E-state index >= 15 is 0 Å². The zero-order chi connectivity index (χ0) is 19.1. The van der Waals surface area contributed by atoms with Gasteiger partial charge in [-0.15, -0.1) is 0 Å². The van der Waals surface area contributed by atoms with Gasteiger partial charge in [-0.3, -0.25) is 0 Å². The molecule has 3 aromatic rings. The number of nitrogens with zero attached hydrogens (tertiary/aromatic N) is 3. The highest BCUT2D eigenvalue weighted by Gasteiger charge is 2.08. The van der Waals surface area contributed by atoms with Crippen LogP contribution in [0.25, 0.3) is 11.4 Å². The fourth-order valence-electron chi connectivity index (χ4n) is 2.78. The van der Waals surface area contributed by atoms with Gasteiger partial charge in [0.15, 0.2) is 5.82 Å². The highest BCUT2D eigenvalue weighted by Crippen LogP contribution is 2.24. The molecule has 0 aliphatic carbocycles. The number of rotatable bonds is 8. The summed E-state index contributed by atoms with van der Waals surface area (Å²) in [5.41, 5.74) is 3.23. The first-order valence-electron chi connectivity index (χ1n) is 9.27. The Kier molecular flexibility index (Phi) is 6.39. The summed E-state index contributed by atoms with van der Waals surface area (Å²) >= 11 is 0. The van der Waals surface area contributed by atoms with Crippen LogP contribution < -0.4 is 10.6 Å². The Morgan fingerprint density at radius 1 is 0.889 bits per heavy atom. The Balaban J connectivity index is 1.85. The molecule has 5 nitrogen and oxygen atoms in total. The van der Waals surface area contributed by atoms with Crippen LogP contribution in [0, 0.1) is 6.92 Å². The molecule has 3 rings (SSSR count). The van der Waals surface area contributed by atoms with Gasteiger partial charge in [0.25, 0.3) is 0 Å². The molecule has 0 atom stereocenters. The van der Waals surface area contributed by atoms with E-state index in [4.69, 9.17) is 9.97 Å². The molecule has 0 spiro atoms. The third kappa shape index (κ3) is 5.53. The van der Waals surface area contributed by atoms with Crippen LogP contribution in [-0.4, -0.2) is 42.1 Å². The number of hydrogen-bond donors (Lipinski definition) is 2. The van der Waals surface area contributed by atoms with E-state index in [0.717, 1.165) is 42.4 Å². The van der Waals surface area contributed by atoms with Gasteiger partial charge in [0.2, 0.25) is 0 Å². The molecule has 2 aromatic carbocycles. The Morgan fingerprint density at radius 3 is 2.33 bits per heavy atom. The zero-order valence-corrected chi connectivity index (χ0v) is 16.2. The molecule has 1 aromatic heterocycles. The molecule has 5 heteroatoms. The van der Waals surface area contributed by atoms with Gasteiger partial charge < -0.3 is 15.5 Å². The standard InChI is InChI=1S/C22H27N5/c1-17-10-7-8-13-19(17)24-21-16-20(23-14-9-15-27(2)3)25-22(26-21)18-11-5-4-6-12-18/h4-8,10-13,16H,9,14-15H2,1-3H3,(H2,23,24,25,26). The third-order valence-corrected chi connectivity index (χ3v) is 4.25. The van der Waals surface area contributed by atoms with Crippen LogP contribution in [0.5, 0.6) is 0 Å². The quantitative estimate of drug-likeness (QED) is 0.576. The van der Waals surface area contributed by atoms with E-state index in [1.54, 1.807) is 0 Å². The molecule has 0 unspecified atom stereocenters. The number of benzene rings is 2. The average molecular weight is 361 g/mol. The monoisotopic (exact) mass is 361 g/mol. The summed E-state index contributed by atoms with van der Waals surface area (Å²) in [7, 11) is 4.17. The van der Waals surface area contributed by atoms with Crippen LogP contribution in [-0.2, 0) is 0 Å². The molecular weight excluding hydrogens is 334 g/mol. The van der Waals surface area contributed by atoms with Crippen LogP contribution in [0.2, 0.25) is 0 Å². The van der Waals surface area contributed by atoms with Crippen LogP contribution in [0.15, 0.2) is 60.7 Å². The topological polar surface area (TPSA) is 53.1 Å². The Morgan fingerprint density at radius 2 is 1.59 bits per heavy atom. The predicted octanol–water partition coefficient (Wildman–Crippen LogP) is 4.56. The molecule has 140 valence electrons. The predicted molar refractivity (Wildman–Crippen MR) is 114 cm³/mol. The van der Waals surface area contributed by atoms with Crippen LogP contribution >= 0.6 is 0 Å². The van der Waals surface area contributed by atoms with E-state index < -0.39 is 0 Å². The van der Waals surface area contributed by atoms with Crippen molar-refractivity contribution in [3.8, 4) is 11.4 Å². The van der Waals surface area contributed by atoms with E-state index in [1.165, 1.54) is 5.56 Å². The first-order valence-corrected chi connectivity index (χ1v) is 9.27. The van der Waals surface area contributed by atoms with Crippen LogP contribution in [0.1, 0.15) is 12.0 Å². The maximum atomic E-state index is 4.73. The number of anilines is 3. The molecule has 0 amide bonds. The summed E-state index contributed by atoms with van der Waals surface area (Å²) in [6.07, 6.45) is 1.05. The maximum Gasteiger partial charge on any atom is 0.163 e. The fourth-order valence-corrected chi connectivity index (χ4v) is 2.78. The molecule has 27 heavy (non-hydrogen) atoms. The van der Waals surface area contributed by atoms with Gasteiger partial charge in [-0.1, -0.05) is 48.5 Å². The van der Waals surface area contributed by atoms with E-state index in [-0.39, 0.29) is 0 Å². The molecule has 0 saturated heterocycles. The number of nitrogens with one attached hydrogen (secondary N) is 2. The molecule has 0 aliphatic rings. The van der Waals surface area contributed by atoms with Gasteiger partial charge in [0, 0.05) is 23.9 Å². The molecular formula is C22H27N5. The lowest BCUT2D eigenvalue weighted by molar-refractivity contribution is 0.405. The minimum atomic E-state index is 0.712. The minimum absolute atomic E-state index is 0.712. The summed E-state index contributed by atoms with van der Waals surface area (Å²) in [6.45, 7) is 3.99. The van der Waals surface area contributed by atoms with Crippen molar-refractivity contribution in [2.45, 2.75) is 13.3 Å². The molecule has 0 saturated carbocycles. The minimum Gasteiger partial charge on any atom is -0.370 e. The highest BCUT2D eigenvalue weighted by atomic mass is 15.1. The summed E-state index contributed by atoms with van der Waals surface area (Å²) in [5, 5.41) is 6.87. The SMILES string of the molecule is Cc1ccccc1Nc1cc(NCCCN(C)C)nc(-c2ccccc2)n1. The van der Waals surface area contributed by atoms with E-state index in [2.05, 4.69) is 48.7 Å². The average Bonchev–Trinajstić information content (AvgIpc) is 2.67. The largest absolute Gasteiger partial charge is 0.370 e. The van der Waals surface area contributed by atoms with Crippen molar-refractivity contribution in [2.24, 2.45) is 0 Å². The zero-order valence-electron chi connectivity index (χ0n) is 16.2. The summed E-state index contributed by atoms with van der Waals surface area (Å²) < 4.78 is 0. The molecule has 0 radical (unpaired) electrons. The molecule has 1 heterocycles. The Hall–Kier alpha value is -2.92. The maximum absolute atomic E-state index is 4.73. The van der Waals surface area contributed by atoms with Crippen molar-refractivity contribution in [3.63, 3.8) is 0 Å². The van der Waals surface area contributed by atoms with Gasteiger partial charge in [-0.25, -0.2) is 9.97 Å². The molecule has 0 fully saturated rings. The second kappa shape index (κ2) is 9.14. The normalized spacial score (nSPS) is 10.8. The van der Waals surface area contributed by atoms with Gasteiger partial charge in [0.05, 0.1) is 0 Å². The number of aromatic nitrogens is 2. The van der Waals surface area contributed by atoms with E-state index in [1.807, 2.05) is 48.5 Å². The first kappa shape index (κ1) is 18.9. The van der Waals surface area contributed by atoms with Gasteiger partial charge in [-0.05, 0) is 45.6 Å². The second-order valence-corrected chi connectivity index (χ2v) is 6.85. The molecule has 0 bridgehead atoms. The second-order valence-electron chi connectivity index (χ2n) is 6.85. The lowest BCUT2D eigenvalue weighted by Crippen LogP contribution is -2.16. The lowest BCUT2D eigenvalue weighted by atomic mass is 10.2. The Labute approximate surface area is 161 Å². The highest BCUT2D eigenvalue weighted by molar-refractivity contribution is 5.66. The van der Waals surface area contributed by atoms with Crippen molar-refractivity contribution < 1.29 is 0 Å².